The van der Waals surface area contributed by atoms with Crippen molar-refractivity contribution in [1.29, 1.82) is 0 Å². The zero-order valence-corrected chi connectivity index (χ0v) is 15.5. The Morgan fingerprint density at radius 3 is 2.33 bits per heavy atom. The number of anilines is 1. The number of amides is 2. The maximum Gasteiger partial charge on any atom is 0.251 e. The summed E-state index contributed by atoms with van der Waals surface area (Å²) in [6.07, 6.45) is 2.10. The maximum absolute atomic E-state index is 12.3. The molecule has 5 nitrogen and oxygen atoms in total. The fourth-order valence-corrected chi connectivity index (χ4v) is 2.38. The van der Waals surface area contributed by atoms with Crippen LogP contribution in [-0.4, -0.2) is 23.9 Å². The Labute approximate surface area is 145 Å². The zero-order chi connectivity index (χ0) is 18.3. The molecule has 0 bridgehead atoms. The van der Waals surface area contributed by atoms with Crippen molar-refractivity contribution in [2.45, 2.75) is 59.4 Å². The minimum absolute atomic E-state index is 0.0101. The molecule has 4 N–H and O–H groups in total. The largest absolute Gasteiger partial charge is 0.350 e. The third kappa shape index (κ3) is 5.96. The molecule has 134 valence electrons. The van der Waals surface area contributed by atoms with Crippen LogP contribution in [0.4, 0.5) is 5.69 Å². The molecule has 24 heavy (non-hydrogen) atoms. The van der Waals surface area contributed by atoms with E-state index in [1.165, 1.54) is 0 Å². The van der Waals surface area contributed by atoms with E-state index in [1.807, 2.05) is 34.6 Å². The summed E-state index contributed by atoms with van der Waals surface area (Å²) in [7, 11) is 0. The number of nitrogens with two attached hydrogens (primary N) is 1. The van der Waals surface area contributed by atoms with E-state index in [0.29, 0.717) is 24.4 Å². The molecule has 1 aromatic rings. The molecule has 0 fully saturated rings. The van der Waals surface area contributed by atoms with E-state index in [0.717, 1.165) is 24.1 Å². The normalized spacial score (nSPS) is 11.5. The van der Waals surface area contributed by atoms with Crippen LogP contribution in [-0.2, 0) is 4.79 Å². The van der Waals surface area contributed by atoms with E-state index in [-0.39, 0.29) is 17.4 Å². The van der Waals surface area contributed by atoms with Gasteiger partial charge >= 0.3 is 0 Å². The lowest BCUT2D eigenvalue weighted by atomic mass is 9.94. The Kier molecular flexibility index (Phi) is 7.42. The van der Waals surface area contributed by atoms with Crippen molar-refractivity contribution in [2.24, 2.45) is 11.7 Å². The van der Waals surface area contributed by atoms with Gasteiger partial charge in [0.15, 0.2) is 0 Å². The fourth-order valence-electron chi connectivity index (χ4n) is 2.38. The van der Waals surface area contributed by atoms with Gasteiger partial charge in [-0.2, -0.15) is 0 Å². The van der Waals surface area contributed by atoms with Gasteiger partial charge < -0.3 is 16.4 Å². The summed E-state index contributed by atoms with van der Waals surface area (Å²) in [5.74, 6) is 0.156. The molecule has 2 amide bonds. The van der Waals surface area contributed by atoms with Crippen molar-refractivity contribution in [3.63, 3.8) is 0 Å². The van der Waals surface area contributed by atoms with Gasteiger partial charge in [-0.15, -0.1) is 0 Å². The number of hydrogen-bond acceptors (Lipinski definition) is 3. The monoisotopic (exact) mass is 333 g/mol. The molecule has 0 atom stereocenters. The van der Waals surface area contributed by atoms with Gasteiger partial charge in [0.25, 0.3) is 5.91 Å². The average molecular weight is 333 g/mol. The molecule has 0 spiro atoms. The van der Waals surface area contributed by atoms with Crippen LogP contribution >= 0.6 is 0 Å². The van der Waals surface area contributed by atoms with E-state index < -0.39 is 0 Å². The molecule has 1 rings (SSSR count). The van der Waals surface area contributed by atoms with Crippen LogP contribution < -0.4 is 16.4 Å². The second-order valence-electron chi connectivity index (χ2n) is 6.93. The van der Waals surface area contributed by atoms with E-state index in [9.17, 15) is 9.59 Å². The first-order valence-electron chi connectivity index (χ1n) is 8.68. The number of aryl methyl sites for hydroxylation is 1. The smallest absolute Gasteiger partial charge is 0.251 e. The van der Waals surface area contributed by atoms with Gasteiger partial charge in [0.05, 0.1) is 0 Å². The van der Waals surface area contributed by atoms with Crippen molar-refractivity contribution >= 4 is 17.5 Å². The van der Waals surface area contributed by atoms with Crippen molar-refractivity contribution in [1.82, 2.24) is 5.32 Å². The number of rotatable bonds is 8. The van der Waals surface area contributed by atoms with Crippen LogP contribution in [0.3, 0.4) is 0 Å². The number of nitrogens with one attached hydrogen (secondary N) is 2. The van der Waals surface area contributed by atoms with Gasteiger partial charge in [-0.3, -0.25) is 9.59 Å². The quantitative estimate of drug-likeness (QED) is 0.683. The lowest BCUT2D eigenvalue weighted by Gasteiger charge is -2.26. The van der Waals surface area contributed by atoms with Crippen LogP contribution in [0.5, 0.6) is 0 Å². The van der Waals surface area contributed by atoms with Gasteiger partial charge in [0.2, 0.25) is 5.91 Å². The predicted molar refractivity (Wildman–Crippen MR) is 99.1 cm³/mol. The third-order valence-electron chi connectivity index (χ3n) is 4.37. The molecule has 0 aromatic heterocycles. The summed E-state index contributed by atoms with van der Waals surface area (Å²) in [6.45, 7) is 10.4. The molecular formula is C19H31N3O2. The molecule has 0 heterocycles. The standard InChI is InChI=1S/C19H31N3O2/c1-6-19(20,7-2)12-21-18(24)15-8-9-16(14(5)11-15)22-17(23)10-13(3)4/h8-9,11,13H,6-7,10,12,20H2,1-5H3,(H,21,24)(H,22,23). The highest BCUT2D eigenvalue weighted by Crippen LogP contribution is 2.18. The van der Waals surface area contributed by atoms with Gasteiger partial charge in [-0.1, -0.05) is 27.7 Å². The van der Waals surface area contributed by atoms with Gasteiger partial charge in [0, 0.05) is 29.8 Å². The van der Waals surface area contributed by atoms with Gasteiger partial charge in [-0.25, -0.2) is 0 Å². The van der Waals surface area contributed by atoms with Crippen molar-refractivity contribution in [3.05, 3.63) is 29.3 Å². The highest BCUT2D eigenvalue weighted by Gasteiger charge is 2.21. The molecule has 0 aliphatic carbocycles. The Morgan fingerprint density at radius 2 is 1.83 bits per heavy atom. The summed E-state index contributed by atoms with van der Waals surface area (Å²) in [6, 6.07) is 5.29. The first-order valence-corrected chi connectivity index (χ1v) is 8.68. The van der Waals surface area contributed by atoms with E-state index >= 15 is 0 Å². The highest BCUT2D eigenvalue weighted by atomic mass is 16.2. The Hall–Kier alpha value is -1.88. The maximum atomic E-state index is 12.3. The topological polar surface area (TPSA) is 84.2 Å². The SMILES string of the molecule is CCC(N)(CC)CNC(=O)c1ccc(NC(=O)CC(C)C)c(C)c1. The fraction of sp³-hybridized carbons (Fsp3) is 0.579. The van der Waals surface area contributed by atoms with Crippen molar-refractivity contribution in [3.8, 4) is 0 Å². The lowest BCUT2D eigenvalue weighted by Crippen LogP contribution is -2.49. The summed E-state index contributed by atoms with van der Waals surface area (Å²) >= 11 is 0. The summed E-state index contributed by atoms with van der Waals surface area (Å²) < 4.78 is 0. The summed E-state index contributed by atoms with van der Waals surface area (Å²) in [5, 5.41) is 5.80. The van der Waals surface area contributed by atoms with Crippen molar-refractivity contribution < 1.29 is 9.59 Å². The van der Waals surface area contributed by atoms with Crippen LogP contribution in [0.25, 0.3) is 0 Å². The molecule has 0 saturated heterocycles. The first-order chi connectivity index (χ1) is 11.2. The van der Waals surface area contributed by atoms with E-state index in [4.69, 9.17) is 5.73 Å². The molecular weight excluding hydrogens is 302 g/mol. The summed E-state index contributed by atoms with van der Waals surface area (Å²) in [5.41, 5.74) is 8.03. The third-order valence-corrected chi connectivity index (χ3v) is 4.37. The summed E-state index contributed by atoms with van der Waals surface area (Å²) in [4.78, 5) is 24.2. The Morgan fingerprint density at radius 1 is 1.21 bits per heavy atom. The Bertz CT molecular complexity index is 578. The molecule has 1 aromatic carbocycles. The minimum atomic E-state index is -0.366. The number of carbonyl (C=O) groups excluding carboxylic acids is 2. The van der Waals surface area contributed by atoms with Crippen LogP contribution in [0.1, 0.15) is 62.9 Å². The molecule has 0 aliphatic heterocycles. The molecule has 5 heteroatoms. The zero-order valence-electron chi connectivity index (χ0n) is 15.5. The van der Waals surface area contributed by atoms with Crippen LogP contribution in [0.15, 0.2) is 18.2 Å². The van der Waals surface area contributed by atoms with Crippen molar-refractivity contribution in [2.75, 3.05) is 11.9 Å². The molecule has 0 saturated carbocycles. The second-order valence-corrected chi connectivity index (χ2v) is 6.93. The number of carbonyl (C=O) groups is 2. The van der Waals surface area contributed by atoms with Gasteiger partial charge in [-0.05, 0) is 49.4 Å². The van der Waals surface area contributed by atoms with Crippen LogP contribution in [0, 0.1) is 12.8 Å². The van der Waals surface area contributed by atoms with Crippen LogP contribution in [0.2, 0.25) is 0 Å². The lowest BCUT2D eigenvalue weighted by molar-refractivity contribution is -0.116. The molecule has 0 radical (unpaired) electrons. The molecule has 0 aliphatic rings. The van der Waals surface area contributed by atoms with Gasteiger partial charge in [0.1, 0.15) is 0 Å². The van der Waals surface area contributed by atoms with E-state index in [2.05, 4.69) is 10.6 Å². The predicted octanol–water partition coefficient (Wildman–Crippen LogP) is 3.23. The number of hydrogen-bond donors (Lipinski definition) is 3. The first kappa shape index (κ1) is 20.2. The average Bonchev–Trinajstić information content (AvgIpc) is 2.53. The minimum Gasteiger partial charge on any atom is -0.350 e. The molecule has 0 unspecified atom stereocenters. The second kappa shape index (κ2) is 8.83. The highest BCUT2D eigenvalue weighted by molar-refractivity contribution is 5.96. The number of benzene rings is 1. The van der Waals surface area contributed by atoms with E-state index in [1.54, 1.807) is 18.2 Å². The Balaban J connectivity index is 2.73.